The molecule has 0 spiro atoms. The van der Waals surface area contributed by atoms with E-state index in [4.69, 9.17) is 12.2 Å². The third kappa shape index (κ3) is 1.82. The Morgan fingerprint density at radius 2 is 2.17 bits per heavy atom. The molecule has 0 saturated heterocycles. The third-order valence-electron chi connectivity index (χ3n) is 3.32. The van der Waals surface area contributed by atoms with Gasteiger partial charge in [-0.1, -0.05) is 0 Å². The van der Waals surface area contributed by atoms with Gasteiger partial charge in [0.2, 0.25) is 0 Å². The maximum Gasteiger partial charge on any atom is 0.175 e. The molecule has 0 bridgehead atoms. The van der Waals surface area contributed by atoms with Gasteiger partial charge in [0.25, 0.3) is 0 Å². The van der Waals surface area contributed by atoms with Gasteiger partial charge in [-0.25, -0.2) is 4.39 Å². The van der Waals surface area contributed by atoms with Crippen molar-refractivity contribution in [2.45, 2.75) is 18.8 Å². The molecular formula is C12H10F2N2OS. The SMILES string of the molecule is FOc1cc(F)c2c(c1)CC(c1c[nH]c(=S)[nH]1)C2. The van der Waals surface area contributed by atoms with Gasteiger partial charge in [-0.15, -0.1) is 0 Å². The molecular weight excluding hydrogens is 258 g/mol. The summed E-state index contributed by atoms with van der Waals surface area (Å²) in [5.41, 5.74) is 2.35. The van der Waals surface area contributed by atoms with E-state index in [-0.39, 0.29) is 11.7 Å². The predicted molar refractivity (Wildman–Crippen MR) is 64.3 cm³/mol. The number of nitrogens with one attached hydrogen (secondary N) is 2. The quantitative estimate of drug-likeness (QED) is 0.820. The molecule has 0 amide bonds. The first kappa shape index (κ1) is 11.4. The number of hydrogen-bond donors (Lipinski definition) is 2. The van der Waals surface area contributed by atoms with E-state index < -0.39 is 5.82 Å². The summed E-state index contributed by atoms with van der Waals surface area (Å²) in [4.78, 5) is 9.52. The summed E-state index contributed by atoms with van der Waals surface area (Å²) in [6, 6.07) is 2.61. The Bertz CT molecular complexity index is 650. The van der Waals surface area contributed by atoms with Crippen molar-refractivity contribution in [1.82, 2.24) is 9.97 Å². The lowest BCUT2D eigenvalue weighted by atomic mass is 10.0. The average molecular weight is 268 g/mol. The molecule has 2 aromatic rings. The number of imidazole rings is 1. The van der Waals surface area contributed by atoms with Crippen LogP contribution in [0.25, 0.3) is 0 Å². The Hall–Kier alpha value is -1.69. The fourth-order valence-corrected chi connectivity index (χ4v) is 2.67. The summed E-state index contributed by atoms with van der Waals surface area (Å²) in [5.74, 6) is -0.372. The molecule has 6 heteroatoms. The number of aromatic amines is 2. The molecule has 0 aliphatic heterocycles. The minimum Gasteiger partial charge on any atom is -0.337 e. The van der Waals surface area contributed by atoms with Crippen LogP contribution in [-0.2, 0) is 12.8 Å². The summed E-state index contributed by atoms with van der Waals surface area (Å²) in [5, 5.41) is 0. The zero-order valence-electron chi connectivity index (χ0n) is 9.30. The lowest BCUT2D eigenvalue weighted by Crippen LogP contribution is -1.98. The minimum absolute atomic E-state index is 0.0890. The highest BCUT2D eigenvalue weighted by molar-refractivity contribution is 7.71. The first-order chi connectivity index (χ1) is 8.67. The Labute approximate surface area is 107 Å². The second kappa shape index (κ2) is 4.20. The zero-order valence-corrected chi connectivity index (χ0v) is 10.1. The monoisotopic (exact) mass is 268 g/mol. The van der Waals surface area contributed by atoms with Crippen LogP contribution in [0.4, 0.5) is 8.92 Å². The highest BCUT2D eigenvalue weighted by Gasteiger charge is 2.27. The Morgan fingerprint density at radius 3 is 2.83 bits per heavy atom. The summed E-state index contributed by atoms with van der Waals surface area (Å²) < 4.78 is 26.4. The van der Waals surface area contributed by atoms with E-state index >= 15 is 0 Å². The van der Waals surface area contributed by atoms with Gasteiger partial charge >= 0.3 is 0 Å². The van der Waals surface area contributed by atoms with Crippen LogP contribution < -0.4 is 4.94 Å². The minimum atomic E-state index is -0.420. The molecule has 0 radical (unpaired) electrons. The first-order valence-electron chi connectivity index (χ1n) is 5.55. The fourth-order valence-electron chi connectivity index (χ4n) is 2.49. The molecule has 1 unspecified atom stereocenters. The first-order valence-corrected chi connectivity index (χ1v) is 5.95. The lowest BCUT2D eigenvalue weighted by molar-refractivity contribution is -0.00663. The van der Waals surface area contributed by atoms with Gasteiger partial charge in [0, 0.05) is 28.4 Å². The van der Waals surface area contributed by atoms with Gasteiger partial charge in [0.1, 0.15) is 5.82 Å². The van der Waals surface area contributed by atoms with Crippen molar-refractivity contribution in [2.75, 3.05) is 0 Å². The molecule has 0 fully saturated rings. The van der Waals surface area contributed by atoms with E-state index in [2.05, 4.69) is 14.9 Å². The summed E-state index contributed by atoms with van der Waals surface area (Å²) in [6.07, 6.45) is 3.02. The van der Waals surface area contributed by atoms with Crippen LogP contribution >= 0.6 is 12.2 Å². The molecule has 2 N–H and O–H groups in total. The van der Waals surface area contributed by atoms with Gasteiger partial charge < -0.3 is 9.97 Å². The second-order valence-electron chi connectivity index (χ2n) is 4.42. The predicted octanol–water partition coefficient (Wildman–Crippen LogP) is 3.36. The van der Waals surface area contributed by atoms with Gasteiger partial charge in [-0.2, -0.15) is 0 Å². The van der Waals surface area contributed by atoms with E-state index in [1.54, 1.807) is 12.3 Å². The van der Waals surface area contributed by atoms with Crippen molar-refractivity contribution in [2.24, 2.45) is 0 Å². The maximum atomic E-state index is 13.7. The number of aromatic nitrogens is 2. The topological polar surface area (TPSA) is 40.8 Å². The molecule has 3 rings (SSSR count). The molecule has 1 aromatic heterocycles. The fraction of sp³-hybridized carbons (Fsp3) is 0.250. The number of benzene rings is 1. The standard InChI is InChI=1S/C12H10F2N2OS/c13-10-4-8(17-14)2-6-1-7(3-9(6)10)11-5-15-12(18)16-11/h2,4-5,7H,1,3H2,(H2,15,16,18). The smallest absolute Gasteiger partial charge is 0.175 e. The van der Waals surface area contributed by atoms with Gasteiger partial charge in [0.05, 0.1) is 0 Å². The Morgan fingerprint density at radius 1 is 1.33 bits per heavy atom. The number of rotatable bonds is 2. The van der Waals surface area contributed by atoms with Gasteiger partial charge in [-0.3, -0.25) is 4.94 Å². The summed E-state index contributed by atoms with van der Waals surface area (Å²) in [7, 11) is 0. The molecule has 0 saturated carbocycles. The number of hydrogen-bond acceptors (Lipinski definition) is 2. The maximum absolute atomic E-state index is 13.7. The van der Waals surface area contributed by atoms with E-state index in [0.29, 0.717) is 23.2 Å². The molecule has 18 heavy (non-hydrogen) atoms. The van der Waals surface area contributed by atoms with Crippen LogP contribution in [0.1, 0.15) is 22.7 Å². The lowest BCUT2D eigenvalue weighted by Gasteiger charge is -2.04. The zero-order chi connectivity index (χ0) is 12.7. The van der Waals surface area contributed by atoms with E-state index in [9.17, 15) is 8.92 Å². The van der Waals surface area contributed by atoms with Gasteiger partial charge in [-0.05, 0) is 42.3 Å². The van der Waals surface area contributed by atoms with Crippen LogP contribution in [0.2, 0.25) is 0 Å². The van der Waals surface area contributed by atoms with Crippen molar-refractivity contribution in [3.63, 3.8) is 0 Å². The van der Waals surface area contributed by atoms with Crippen molar-refractivity contribution in [3.8, 4) is 5.75 Å². The number of halogens is 2. The number of H-pyrrole nitrogens is 2. The molecule has 94 valence electrons. The van der Waals surface area contributed by atoms with Crippen molar-refractivity contribution < 1.29 is 13.9 Å². The summed E-state index contributed by atoms with van der Waals surface area (Å²) in [6.45, 7) is 0. The Kier molecular flexibility index (Phi) is 2.66. The molecule has 1 aliphatic carbocycles. The molecule has 1 aromatic carbocycles. The van der Waals surface area contributed by atoms with Crippen LogP contribution in [-0.4, -0.2) is 9.97 Å². The van der Waals surface area contributed by atoms with Gasteiger partial charge in [0.15, 0.2) is 10.5 Å². The van der Waals surface area contributed by atoms with E-state index in [1.807, 2.05) is 0 Å². The average Bonchev–Trinajstić information content (AvgIpc) is 2.94. The highest BCUT2D eigenvalue weighted by Crippen LogP contribution is 2.36. The van der Waals surface area contributed by atoms with Crippen molar-refractivity contribution in [3.05, 3.63) is 45.7 Å². The number of fused-ring (bicyclic) bond motifs is 1. The normalized spacial score (nSPS) is 17.8. The van der Waals surface area contributed by atoms with Crippen molar-refractivity contribution in [1.29, 1.82) is 0 Å². The summed E-state index contributed by atoms with van der Waals surface area (Å²) >= 11 is 4.97. The molecule has 1 aliphatic rings. The van der Waals surface area contributed by atoms with Crippen molar-refractivity contribution >= 4 is 12.2 Å². The van der Waals surface area contributed by atoms with E-state index in [1.165, 1.54) is 0 Å². The van der Waals surface area contributed by atoms with Crippen LogP contribution in [0.5, 0.6) is 5.75 Å². The molecule has 1 heterocycles. The highest BCUT2D eigenvalue weighted by atomic mass is 32.1. The van der Waals surface area contributed by atoms with Crippen LogP contribution in [0.15, 0.2) is 18.3 Å². The van der Waals surface area contributed by atoms with Crippen LogP contribution in [0, 0.1) is 10.6 Å². The second-order valence-corrected chi connectivity index (χ2v) is 4.83. The Balaban J connectivity index is 1.95. The largest absolute Gasteiger partial charge is 0.337 e. The molecule has 1 atom stereocenters. The van der Waals surface area contributed by atoms with E-state index in [0.717, 1.165) is 17.3 Å². The van der Waals surface area contributed by atoms with Crippen LogP contribution in [0.3, 0.4) is 0 Å². The third-order valence-corrected chi connectivity index (χ3v) is 3.54. The molecule has 3 nitrogen and oxygen atoms in total.